The van der Waals surface area contributed by atoms with Gasteiger partial charge in [-0.15, -0.1) is 0 Å². The molecule has 0 aliphatic rings. The van der Waals surface area contributed by atoms with Crippen molar-refractivity contribution in [3.8, 4) is 0 Å². The summed E-state index contributed by atoms with van der Waals surface area (Å²) in [6, 6.07) is 8.13. The van der Waals surface area contributed by atoms with E-state index in [4.69, 9.17) is 5.53 Å². The van der Waals surface area contributed by atoms with E-state index in [1.54, 1.807) is 0 Å². The second-order valence-electron chi connectivity index (χ2n) is 1.88. The average Bonchev–Trinajstić information content (AvgIpc) is 2.06. The van der Waals surface area contributed by atoms with Crippen molar-refractivity contribution in [1.82, 2.24) is 0 Å². The van der Waals surface area contributed by atoms with Crippen LogP contribution >= 0.6 is 0 Å². The molecule has 12 heavy (non-hydrogen) atoms. The first-order chi connectivity index (χ1) is 5.67. The van der Waals surface area contributed by atoms with E-state index < -0.39 is 10.0 Å². The van der Waals surface area contributed by atoms with Gasteiger partial charge in [-0.3, -0.25) is 0 Å². The normalized spacial score (nSPS) is 10.3. The first kappa shape index (κ1) is 8.58. The Labute approximate surface area is 69.3 Å². The lowest BCUT2D eigenvalue weighted by Gasteiger charge is -1.93. The second kappa shape index (κ2) is 3.25. The summed E-state index contributed by atoms with van der Waals surface area (Å²) in [6.45, 7) is 0. The molecule has 0 aliphatic carbocycles. The maximum Gasteiger partial charge on any atom is 0.264 e. The van der Waals surface area contributed by atoms with Gasteiger partial charge in [-0.25, -0.2) is 8.42 Å². The molecule has 0 saturated carbocycles. The molecule has 1 aromatic carbocycles. The largest absolute Gasteiger partial charge is 0.264 e. The lowest BCUT2D eigenvalue weighted by Crippen LogP contribution is -1.93. The maximum absolute atomic E-state index is 11.0. The molecule has 0 unspecified atom stereocenters. The van der Waals surface area contributed by atoms with Crippen LogP contribution < -0.4 is 0 Å². The Morgan fingerprint density at radius 1 is 1.42 bits per heavy atom. The molecule has 1 rings (SSSR count). The van der Waals surface area contributed by atoms with Crippen molar-refractivity contribution >= 4 is 10.0 Å². The lowest BCUT2D eigenvalue weighted by atomic mass is 10.4. The monoisotopic (exact) mass is 182 g/mol. The quantitative estimate of drug-likeness (QED) is 0.394. The number of hydrogen-bond donors (Lipinski definition) is 0. The summed E-state index contributed by atoms with van der Waals surface area (Å²) in [5.74, 6) is 0. The Kier molecular flexibility index (Phi) is 2.32. The summed E-state index contributed by atoms with van der Waals surface area (Å²) < 4.78 is 24.7. The van der Waals surface area contributed by atoms with Crippen molar-refractivity contribution < 1.29 is 8.42 Å². The number of hydrogen-bond acceptors (Lipinski definition) is 2. The topological polar surface area (TPSA) is 82.9 Å². The molecule has 1 aromatic rings. The third kappa shape index (κ3) is 1.75. The van der Waals surface area contributed by atoms with E-state index in [1.807, 2.05) is 0 Å². The molecule has 0 bridgehead atoms. The van der Waals surface area contributed by atoms with Crippen LogP contribution in [0.25, 0.3) is 10.4 Å². The Morgan fingerprint density at radius 3 is 2.50 bits per heavy atom. The van der Waals surface area contributed by atoms with E-state index in [1.165, 1.54) is 24.3 Å². The van der Waals surface area contributed by atoms with E-state index in [0.29, 0.717) is 0 Å². The minimum Gasteiger partial charge on any atom is -0.216 e. The fourth-order valence-electron chi connectivity index (χ4n) is 0.639. The van der Waals surface area contributed by atoms with Crippen LogP contribution in [-0.4, -0.2) is 8.42 Å². The highest BCUT2D eigenvalue weighted by Gasteiger charge is 2.09. The predicted molar refractivity (Wildman–Crippen MR) is 41.6 cm³/mol. The Morgan fingerprint density at radius 2 is 2.00 bits per heavy atom. The second-order valence-corrected chi connectivity index (χ2v) is 3.47. The minimum absolute atomic E-state index is 0.0287. The summed E-state index contributed by atoms with van der Waals surface area (Å²) >= 11 is 0. The van der Waals surface area contributed by atoms with Gasteiger partial charge in [0.25, 0.3) is 10.0 Å². The van der Waals surface area contributed by atoms with Crippen molar-refractivity contribution in [3.05, 3.63) is 40.8 Å². The van der Waals surface area contributed by atoms with Gasteiger partial charge in [0.1, 0.15) is 0 Å². The highest BCUT2D eigenvalue weighted by atomic mass is 32.2. The van der Waals surface area contributed by atoms with Gasteiger partial charge in [-0.05, 0) is 23.7 Å². The van der Waals surface area contributed by atoms with Crippen LogP contribution in [-0.2, 0) is 10.0 Å². The standard InChI is InChI=1S/C6H4N3O2S/c7-8-9-12(10,11)6-4-2-1-3-5-6/h2-5H. The van der Waals surface area contributed by atoms with Gasteiger partial charge in [-0.1, -0.05) is 12.1 Å². The van der Waals surface area contributed by atoms with Gasteiger partial charge in [-0.2, -0.15) is 0 Å². The molecule has 0 spiro atoms. The van der Waals surface area contributed by atoms with E-state index >= 15 is 0 Å². The number of sulfonamides is 1. The molecule has 0 N–H and O–H groups in total. The fraction of sp³-hybridized carbons (Fsp3) is 0. The molecule has 0 atom stereocenters. The molecule has 1 radical (unpaired) electrons. The van der Waals surface area contributed by atoms with Crippen LogP contribution in [0.5, 0.6) is 0 Å². The van der Waals surface area contributed by atoms with E-state index in [-0.39, 0.29) is 4.90 Å². The van der Waals surface area contributed by atoms with Crippen molar-refractivity contribution in [1.29, 1.82) is 0 Å². The molecule has 0 aromatic heterocycles. The van der Waals surface area contributed by atoms with Gasteiger partial charge in [0.15, 0.2) is 0 Å². The van der Waals surface area contributed by atoms with Crippen LogP contribution in [0.3, 0.4) is 0 Å². The maximum atomic E-state index is 11.0. The molecule has 0 aliphatic heterocycles. The zero-order chi connectivity index (χ0) is 9.03. The summed E-state index contributed by atoms with van der Waals surface area (Å²) in [5.41, 5.74) is 7.93. The van der Waals surface area contributed by atoms with Crippen LogP contribution in [0.15, 0.2) is 33.7 Å². The Balaban J connectivity index is 3.25. The number of rotatable bonds is 2. The highest BCUT2D eigenvalue weighted by Crippen LogP contribution is 2.10. The smallest absolute Gasteiger partial charge is 0.216 e. The van der Waals surface area contributed by atoms with Crippen molar-refractivity contribution in [2.75, 3.05) is 0 Å². The molecular formula is C6H4N3O2S. The van der Waals surface area contributed by atoms with Gasteiger partial charge in [0, 0.05) is 9.43 Å². The van der Waals surface area contributed by atoms with Crippen molar-refractivity contribution in [2.45, 2.75) is 4.90 Å². The lowest BCUT2D eigenvalue weighted by molar-refractivity contribution is 0.597. The van der Waals surface area contributed by atoms with Gasteiger partial charge < -0.3 is 0 Å². The SMILES string of the molecule is [N-]=[N+]=NS(=O)(=O)c1cc[c]cc1. The number of nitrogens with zero attached hydrogens (tertiary/aromatic N) is 3. The summed E-state index contributed by atoms with van der Waals surface area (Å²) in [7, 11) is -3.82. The Bertz CT molecular complexity index is 406. The van der Waals surface area contributed by atoms with Crippen molar-refractivity contribution in [2.24, 2.45) is 4.52 Å². The average molecular weight is 182 g/mol. The van der Waals surface area contributed by atoms with Gasteiger partial charge >= 0.3 is 0 Å². The molecule has 0 amide bonds. The first-order valence-electron chi connectivity index (χ1n) is 2.94. The molecule has 0 fully saturated rings. The molecular weight excluding hydrogens is 178 g/mol. The van der Waals surface area contributed by atoms with Crippen molar-refractivity contribution in [3.63, 3.8) is 0 Å². The Hall–Kier alpha value is -1.52. The number of benzene rings is 1. The number of azide groups is 1. The molecule has 5 nitrogen and oxygen atoms in total. The third-order valence-electron chi connectivity index (χ3n) is 1.13. The van der Waals surface area contributed by atoms with E-state index in [9.17, 15) is 8.42 Å². The first-order valence-corrected chi connectivity index (χ1v) is 4.38. The summed E-state index contributed by atoms with van der Waals surface area (Å²) in [6.07, 6.45) is 0. The van der Waals surface area contributed by atoms with Gasteiger partial charge in [0.05, 0.1) is 4.90 Å². The van der Waals surface area contributed by atoms with Crippen LogP contribution in [0, 0.1) is 6.07 Å². The zero-order valence-corrected chi connectivity index (χ0v) is 6.69. The van der Waals surface area contributed by atoms with Crippen LogP contribution in [0.4, 0.5) is 0 Å². The third-order valence-corrected chi connectivity index (χ3v) is 2.29. The van der Waals surface area contributed by atoms with E-state index in [0.717, 1.165) is 0 Å². The van der Waals surface area contributed by atoms with E-state index in [2.05, 4.69) is 15.5 Å². The minimum atomic E-state index is -3.82. The zero-order valence-electron chi connectivity index (χ0n) is 5.88. The van der Waals surface area contributed by atoms with Gasteiger partial charge in [0.2, 0.25) is 0 Å². The summed E-state index contributed by atoms with van der Waals surface area (Å²) in [5, 5.41) is 0. The molecule has 6 heteroatoms. The van der Waals surface area contributed by atoms with Crippen LogP contribution in [0.2, 0.25) is 0 Å². The van der Waals surface area contributed by atoms with Crippen LogP contribution in [0.1, 0.15) is 0 Å². The molecule has 0 heterocycles. The molecule has 0 saturated heterocycles. The summed E-state index contributed by atoms with van der Waals surface area (Å²) in [4.78, 5) is 2.18. The predicted octanol–water partition coefficient (Wildman–Crippen LogP) is 1.49. The fourth-order valence-corrected chi connectivity index (χ4v) is 1.31. The molecule has 61 valence electrons. The highest BCUT2D eigenvalue weighted by molar-refractivity contribution is 7.90.